The zero-order chi connectivity index (χ0) is 17.8. The van der Waals surface area contributed by atoms with Gasteiger partial charge in [-0.3, -0.25) is 4.79 Å². The van der Waals surface area contributed by atoms with Gasteiger partial charge >= 0.3 is 5.97 Å². The van der Waals surface area contributed by atoms with E-state index in [4.69, 9.17) is 5.11 Å². The summed E-state index contributed by atoms with van der Waals surface area (Å²) in [6, 6.07) is 0. The smallest absolute Gasteiger partial charge is 0.303 e. The van der Waals surface area contributed by atoms with Crippen molar-refractivity contribution >= 4 is 5.97 Å². The molecule has 0 aromatic heterocycles. The highest BCUT2D eigenvalue weighted by Gasteiger charge is 2.17. The van der Waals surface area contributed by atoms with Crippen LogP contribution >= 0.6 is 0 Å². The lowest BCUT2D eigenvalue weighted by atomic mass is 10.0. The zero-order valence-corrected chi connectivity index (χ0v) is 15.0. The van der Waals surface area contributed by atoms with Gasteiger partial charge in [0.1, 0.15) is 0 Å². The topological polar surface area (TPSA) is 73.4 Å². The number of rotatable bonds is 11. The molecule has 0 aliphatic carbocycles. The molecule has 1 rings (SSSR count). The highest BCUT2D eigenvalue weighted by atomic mass is 16.4. The standard InChI is InChI=1S/C19H31N3O2/c1-4-10-16-18(11-7-8-13-19(23)24)22-17(15(5-2)21-16)12-9-14-20-6-3/h4-5,12,20-22H,1,6-11,13-14H2,2-3H3,(H,23,24)/b15-5+,17-12+. The first-order valence-corrected chi connectivity index (χ1v) is 8.78. The predicted octanol–water partition coefficient (Wildman–Crippen LogP) is 3.40. The quantitative estimate of drug-likeness (QED) is 0.344. The number of nitrogens with one attached hydrogen (secondary N) is 3. The first-order valence-electron chi connectivity index (χ1n) is 8.78. The van der Waals surface area contributed by atoms with Gasteiger partial charge < -0.3 is 21.1 Å². The van der Waals surface area contributed by atoms with E-state index in [9.17, 15) is 4.79 Å². The van der Waals surface area contributed by atoms with Crippen LogP contribution in [-0.4, -0.2) is 24.2 Å². The van der Waals surface area contributed by atoms with Gasteiger partial charge in [-0.1, -0.05) is 25.2 Å². The molecule has 5 heteroatoms. The summed E-state index contributed by atoms with van der Waals surface area (Å²) < 4.78 is 0. The first-order chi connectivity index (χ1) is 11.6. The number of unbranched alkanes of at least 4 members (excludes halogenated alkanes) is 1. The molecule has 0 aromatic carbocycles. The third kappa shape index (κ3) is 7.04. The Morgan fingerprint density at radius 1 is 1.25 bits per heavy atom. The Bertz CT molecular complexity index is 519. The fourth-order valence-corrected chi connectivity index (χ4v) is 2.60. The number of hydrogen-bond donors (Lipinski definition) is 4. The van der Waals surface area contributed by atoms with Crippen molar-refractivity contribution in [2.45, 2.75) is 52.4 Å². The lowest BCUT2D eigenvalue weighted by Crippen LogP contribution is -2.32. The van der Waals surface area contributed by atoms with Crippen molar-refractivity contribution in [1.82, 2.24) is 16.0 Å². The van der Waals surface area contributed by atoms with Gasteiger partial charge in [0.15, 0.2) is 0 Å². The summed E-state index contributed by atoms with van der Waals surface area (Å²) in [4.78, 5) is 10.6. The maximum Gasteiger partial charge on any atom is 0.303 e. The fraction of sp³-hybridized carbons (Fsp3) is 0.526. The van der Waals surface area contributed by atoms with E-state index in [2.05, 4.69) is 41.6 Å². The van der Waals surface area contributed by atoms with Gasteiger partial charge in [-0.2, -0.15) is 0 Å². The minimum Gasteiger partial charge on any atom is -0.481 e. The Morgan fingerprint density at radius 3 is 2.62 bits per heavy atom. The number of hydrogen-bond acceptors (Lipinski definition) is 4. The second-order valence-electron chi connectivity index (χ2n) is 5.76. The average Bonchev–Trinajstić information content (AvgIpc) is 2.57. The molecule has 1 aliphatic heterocycles. The molecule has 0 saturated carbocycles. The van der Waals surface area contributed by atoms with Crippen molar-refractivity contribution in [2.75, 3.05) is 13.1 Å². The summed E-state index contributed by atoms with van der Waals surface area (Å²) in [5.74, 6) is -0.731. The van der Waals surface area contributed by atoms with Crippen LogP contribution in [0.1, 0.15) is 52.4 Å². The Hall–Kier alpha value is -2.01. The molecule has 5 nitrogen and oxygen atoms in total. The summed E-state index contributed by atoms with van der Waals surface area (Å²) in [7, 11) is 0. The lowest BCUT2D eigenvalue weighted by molar-refractivity contribution is -0.137. The van der Waals surface area contributed by atoms with Crippen molar-refractivity contribution in [3.05, 3.63) is 47.6 Å². The molecular weight excluding hydrogens is 302 g/mol. The molecule has 4 N–H and O–H groups in total. The summed E-state index contributed by atoms with van der Waals surface area (Å²) in [6.45, 7) is 9.88. The van der Waals surface area contributed by atoms with Gasteiger partial charge in [-0.05, 0) is 45.7 Å². The van der Waals surface area contributed by atoms with Crippen LogP contribution < -0.4 is 16.0 Å². The Kier molecular flexibility index (Phi) is 9.61. The molecule has 0 spiro atoms. The minimum absolute atomic E-state index is 0.225. The molecule has 1 aliphatic rings. The molecule has 0 saturated heterocycles. The number of carboxylic acid groups (broad SMARTS) is 1. The Morgan fingerprint density at radius 2 is 2.00 bits per heavy atom. The van der Waals surface area contributed by atoms with Gasteiger partial charge in [-0.25, -0.2) is 0 Å². The summed E-state index contributed by atoms with van der Waals surface area (Å²) in [5, 5.41) is 19.1. The second-order valence-corrected chi connectivity index (χ2v) is 5.76. The number of carboxylic acids is 1. The lowest BCUT2D eigenvalue weighted by Gasteiger charge is -2.28. The third-order valence-corrected chi connectivity index (χ3v) is 3.85. The van der Waals surface area contributed by atoms with Gasteiger partial charge in [-0.15, -0.1) is 6.58 Å². The van der Waals surface area contributed by atoms with Gasteiger partial charge in [0.2, 0.25) is 0 Å². The van der Waals surface area contributed by atoms with Crippen LogP contribution in [0, 0.1) is 0 Å². The van der Waals surface area contributed by atoms with Crippen LogP contribution in [0.15, 0.2) is 47.6 Å². The van der Waals surface area contributed by atoms with Crippen molar-refractivity contribution in [3.8, 4) is 0 Å². The maximum atomic E-state index is 10.6. The van der Waals surface area contributed by atoms with Crippen LogP contribution in [-0.2, 0) is 4.79 Å². The van der Waals surface area contributed by atoms with Crippen LogP contribution in [0.4, 0.5) is 0 Å². The molecule has 0 bridgehead atoms. The van der Waals surface area contributed by atoms with Crippen LogP contribution in [0.2, 0.25) is 0 Å². The van der Waals surface area contributed by atoms with E-state index >= 15 is 0 Å². The van der Waals surface area contributed by atoms with Gasteiger partial charge in [0.25, 0.3) is 0 Å². The molecule has 24 heavy (non-hydrogen) atoms. The normalized spacial score (nSPS) is 17.8. The molecule has 0 atom stereocenters. The molecule has 0 aromatic rings. The third-order valence-electron chi connectivity index (χ3n) is 3.85. The highest BCUT2D eigenvalue weighted by molar-refractivity contribution is 5.66. The van der Waals surface area contributed by atoms with Crippen molar-refractivity contribution in [1.29, 1.82) is 0 Å². The maximum absolute atomic E-state index is 10.6. The molecule has 0 fully saturated rings. The summed E-state index contributed by atoms with van der Waals surface area (Å²) in [5.41, 5.74) is 4.44. The van der Waals surface area contributed by atoms with Crippen LogP contribution in [0.3, 0.4) is 0 Å². The van der Waals surface area contributed by atoms with Gasteiger partial charge in [0, 0.05) is 24.2 Å². The van der Waals surface area contributed by atoms with E-state index in [0.717, 1.165) is 61.6 Å². The van der Waals surface area contributed by atoms with Crippen molar-refractivity contribution < 1.29 is 9.90 Å². The molecule has 1 heterocycles. The molecule has 0 radical (unpaired) electrons. The molecule has 134 valence electrons. The van der Waals surface area contributed by atoms with Crippen molar-refractivity contribution in [3.63, 3.8) is 0 Å². The zero-order valence-electron chi connectivity index (χ0n) is 15.0. The van der Waals surface area contributed by atoms with Crippen LogP contribution in [0.5, 0.6) is 0 Å². The van der Waals surface area contributed by atoms with Crippen molar-refractivity contribution in [2.24, 2.45) is 0 Å². The second kappa shape index (κ2) is 11.5. The van der Waals surface area contributed by atoms with Crippen LogP contribution in [0.25, 0.3) is 0 Å². The molecule has 0 unspecified atom stereocenters. The molecular formula is C19H31N3O2. The van der Waals surface area contributed by atoms with Gasteiger partial charge in [0.05, 0.1) is 11.4 Å². The number of aliphatic carboxylic acids is 1. The van der Waals surface area contributed by atoms with E-state index in [1.54, 1.807) is 0 Å². The monoisotopic (exact) mass is 333 g/mol. The number of allylic oxidation sites excluding steroid dienone is 3. The van der Waals surface area contributed by atoms with E-state index in [0.29, 0.717) is 6.42 Å². The molecule has 0 amide bonds. The Balaban J connectivity index is 2.77. The number of carbonyl (C=O) groups is 1. The Labute approximate surface area is 145 Å². The summed E-state index contributed by atoms with van der Waals surface area (Å²) >= 11 is 0. The summed E-state index contributed by atoms with van der Waals surface area (Å²) in [6.07, 6.45) is 10.5. The van der Waals surface area contributed by atoms with E-state index in [-0.39, 0.29) is 6.42 Å². The predicted molar refractivity (Wildman–Crippen MR) is 99.2 cm³/mol. The van der Waals surface area contributed by atoms with E-state index < -0.39 is 5.97 Å². The SMILES string of the molecule is C=CCC1=C(CCCCC(=O)O)NC(=C/CCNCC)/C(=C\C)N1. The average molecular weight is 333 g/mol. The highest BCUT2D eigenvalue weighted by Crippen LogP contribution is 2.23. The first kappa shape index (κ1) is 20.0. The minimum atomic E-state index is -0.731. The van der Waals surface area contributed by atoms with E-state index in [1.165, 1.54) is 0 Å². The fourth-order valence-electron chi connectivity index (χ4n) is 2.60. The van der Waals surface area contributed by atoms with E-state index in [1.807, 2.05) is 13.0 Å². The largest absolute Gasteiger partial charge is 0.481 e.